The Labute approximate surface area is 188 Å². The lowest BCUT2D eigenvalue weighted by molar-refractivity contribution is -0.137. The Morgan fingerprint density at radius 2 is 1.76 bits per heavy atom. The molecule has 0 radical (unpaired) electrons. The minimum absolute atomic E-state index is 0.202. The zero-order chi connectivity index (χ0) is 23.5. The molecule has 1 heterocycles. The van der Waals surface area contributed by atoms with Crippen LogP contribution in [0.3, 0.4) is 0 Å². The summed E-state index contributed by atoms with van der Waals surface area (Å²) >= 11 is 0. The quantitative estimate of drug-likeness (QED) is 0.608. The van der Waals surface area contributed by atoms with Crippen molar-refractivity contribution in [1.82, 2.24) is 4.90 Å². The molecular weight excluding hydrogens is 433 g/mol. The number of carbonyl (C=O) groups excluding carboxylic acids is 2. The number of anilines is 1. The standard InChI is InChI=1S/C25H21F3N2O3/c1-15-25(32)30(12-11-16-5-7-18(26)8-6-16)14-17-13-19(9-10-22(17)33-15)29-24(31)23-20(27)3-2-4-21(23)28/h2-10,13,15H,11-12,14H2,1H3,(H,29,31)/t15-/m1/s1. The molecular formula is C25H21F3N2O3. The van der Waals surface area contributed by atoms with Crippen LogP contribution in [0.25, 0.3) is 0 Å². The fourth-order valence-corrected chi connectivity index (χ4v) is 3.69. The van der Waals surface area contributed by atoms with Crippen molar-refractivity contribution < 1.29 is 27.5 Å². The van der Waals surface area contributed by atoms with E-state index in [4.69, 9.17) is 4.74 Å². The summed E-state index contributed by atoms with van der Waals surface area (Å²) in [5, 5.41) is 2.50. The number of fused-ring (bicyclic) bond motifs is 1. The van der Waals surface area contributed by atoms with Crippen LogP contribution >= 0.6 is 0 Å². The molecule has 0 aliphatic carbocycles. The number of rotatable bonds is 5. The maximum atomic E-state index is 13.9. The lowest BCUT2D eigenvalue weighted by Gasteiger charge is -2.22. The first kappa shape index (κ1) is 22.4. The van der Waals surface area contributed by atoms with E-state index in [9.17, 15) is 22.8 Å². The fourth-order valence-electron chi connectivity index (χ4n) is 3.69. The molecule has 170 valence electrons. The van der Waals surface area contributed by atoms with Crippen molar-refractivity contribution >= 4 is 17.5 Å². The van der Waals surface area contributed by atoms with Crippen LogP contribution in [0, 0.1) is 17.5 Å². The number of carbonyl (C=O) groups is 2. The summed E-state index contributed by atoms with van der Waals surface area (Å²) in [5.41, 5.74) is 1.16. The maximum absolute atomic E-state index is 13.9. The van der Waals surface area contributed by atoms with Gasteiger partial charge in [0.1, 0.15) is 28.8 Å². The lowest BCUT2D eigenvalue weighted by Crippen LogP contribution is -2.39. The highest BCUT2D eigenvalue weighted by Gasteiger charge is 2.28. The molecule has 2 amide bonds. The number of halogens is 3. The monoisotopic (exact) mass is 454 g/mol. The summed E-state index contributed by atoms with van der Waals surface area (Å²) < 4.78 is 46.8. The Morgan fingerprint density at radius 3 is 2.45 bits per heavy atom. The Kier molecular flexibility index (Phi) is 6.35. The molecule has 0 fully saturated rings. The van der Waals surface area contributed by atoms with E-state index >= 15 is 0 Å². The predicted octanol–water partition coefficient (Wildman–Crippen LogP) is 4.71. The molecule has 5 nitrogen and oxygen atoms in total. The average molecular weight is 454 g/mol. The molecule has 1 atom stereocenters. The van der Waals surface area contributed by atoms with E-state index in [0.29, 0.717) is 30.0 Å². The smallest absolute Gasteiger partial charge is 0.263 e. The molecule has 0 unspecified atom stereocenters. The van der Waals surface area contributed by atoms with Crippen molar-refractivity contribution in [3.63, 3.8) is 0 Å². The summed E-state index contributed by atoms with van der Waals surface area (Å²) in [6, 6.07) is 14.0. The Morgan fingerprint density at radius 1 is 1.06 bits per heavy atom. The molecule has 1 N–H and O–H groups in total. The zero-order valence-corrected chi connectivity index (χ0v) is 17.8. The number of ether oxygens (including phenoxy) is 1. The lowest BCUT2D eigenvalue weighted by atomic mass is 10.1. The Balaban J connectivity index is 1.53. The van der Waals surface area contributed by atoms with Crippen LogP contribution in [0.2, 0.25) is 0 Å². The molecule has 0 aromatic heterocycles. The van der Waals surface area contributed by atoms with Crippen LogP contribution in [0.4, 0.5) is 18.9 Å². The molecule has 0 spiro atoms. The third-order valence-electron chi connectivity index (χ3n) is 5.42. The Hall–Kier alpha value is -3.81. The van der Waals surface area contributed by atoms with Gasteiger partial charge in [-0.3, -0.25) is 9.59 Å². The second-order valence-corrected chi connectivity index (χ2v) is 7.77. The normalized spacial score (nSPS) is 15.5. The van der Waals surface area contributed by atoms with Gasteiger partial charge in [-0.2, -0.15) is 0 Å². The topological polar surface area (TPSA) is 58.6 Å². The molecule has 8 heteroatoms. The van der Waals surface area contributed by atoms with E-state index in [1.54, 1.807) is 42.2 Å². The highest BCUT2D eigenvalue weighted by Crippen LogP contribution is 2.29. The van der Waals surface area contributed by atoms with Gasteiger partial charge in [-0.15, -0.1) is 0 Å². The predicted molar refractivity (Wildman–Crippen MR) is 116 cm³/mol. The largest absolute Gasteiger partial charge is 0.481 e. The summed E-state index contributed by atoms with van der Waals surface area (Å²) in [5.74, 6) is -2.89. The molecule has 0 saturated carbocycles. The van der Waals surface area contributed by atoms with E-state index in [-0.39, 0.29) is 18.3 Å². The molecule has 3 aromatic rings. The number of hydrogen-bond acceptors (Lipinski definition) is 3. The third kappa shape index (κ3) is 5.00. The fraction of sp³-hybridized carbons (Fsp3) is 0.200. The summed E-state index contributed by atoms with van der Waals surface area (Å²) in [4.78, 5) is 26.9. The summed E-state index contributed by atoms with van der Waals surface area (Å²) in [6.07, 6.45) is -0.190. The third-order valence-corrected chi connectivity index (χ3v) is 5.42. The van der Waals surface area contributed by atoms with Gasteiger partial charge in [0.05, 0.1) is 0 Å². The van der Waals surface area contributed by atoms with Crippen LogP contribution in [-0.2, 0) is 17.8 Å². The van der Waals surface area contributed by atoms with E-state index < -0.39 is 29.2 Å². The second kappa shape index (κ2) is 9.36. The van der Waals surface area contributed by atoms with Gasteiger partial charge in [-0.1, -0.05) is 18.2 Å². The van der Waals surface area contributed by atoms with Gasteiger partial charge in [0.25, 0.3) is 11.8 Å². The number of nitrogens with one attached hydrogen (secondary N) is 1. The highest BCUT2D eigenvalue weighted by atomic mass is 19.1. The van der Waals surface area contributed by atoms with Gasteiger partial charge in [0.15, 0.2) is 6.10 Å². The van der Waals surface area contributed by atoms with Crippen molar-refractivity contribution in [2.75, 3.05) is 11.9 Å². The van der Waals surface area contributed by atoms with Gasteiger partial charge in [-0.05, 0) is 61.4 Å². The first-order valence-electron chi connectivity index (χ1n) is 10.4. The van der Waals surface area contributed by atoms with Crippen LogP contribution in [0.1, 0.15) is 28.4 Å². The summed E-state index contributed by atoms with van der Waals surface area (Å²) in [6.45, 7) is 2.26. The van der Waals surface area contributed by atoms with Crippen LogP contribution in [0.15, 0.2) is 60.7 Å². The SMILES string of the molecule is C[C@H]1Oc2ccc(NC(=O)c3c(F)cccc3F)cc2CN(CCc2ccc(F)cc2)C1=O. The van der Waals surface area contributed by atoms with Gasteiger partial charge < -0.3 is 15.0 Å². The first-order chi connectivity index (χ1) is 15.8. The number of benzene rings is 3. The molecule has 3 aromatic carbocycles. The van der Waals surface area contributed by atoms with Crippen LogP contribution < -0.4 is 10.1 Å². The zero-order valence-electron chi connectivity index (χ0n) is 17.8. The van der Waals surface area contributed by atoms with Crippen molar-refractivity contribution in [2.24, 2.45) is 0 Å². The first-order valence-corrected chi connectivity index (χ1v) is 10.4. The van der Waals surface area contributed by atoms with Crippen molar-refractivity contribution in [1.29, 1.82) is 0 Å². The van der Waals surface area contributed by atoms with Gasteiger partial charge in [0.2, 0.25) is 0 Å². The number of nitrogens with zero attached hydrogens (tertiary/aromatic N) is 1. The maximum Gasteiger partial charge on any atom is 0.263 e. The van der Waals surface area contributed by atoms with Crippen LogP contribution in [0.5, 0.6) is 5.75 Å². The van der Waals surface area contributed by atoms with Crippen molar-refractivity contribution in [3.05, 3.63) is 94.8 Å². The minimum Gasteiger partial charge on any atom is -0.481 e. The minimum atomic E-state index is -0.961. The molecule has 0 bridgehead atoms. The molecule has 0 saturated heterocycles. The van der Waals surface area contributed by atoms with E-state index in [1.807, 2.05) is 0 Å². The highest BCUT2D eigenvalue weighted by molar-refractivity contribution is 6.04. The Bertz CT molecular complexity index is 1180. The van der Waals surface area contributed by atoms with E-state index in [1.165, 1.54) is 18.2 Å². The van der Waals surface area contributed by atoms with Crippen LogP contribution in [-0.4, -0.2) is 29.4 Å². The number of amides is 2. The van der Waals surface area contributed by atoms with Crippen molar-refractivity contribution in [2.45, 2.75) is 26.0 Å². The van der Waals surface area contributed by atoms with Gasteiger partial charge in [0, 0.05) is 24.3 Å². The molecule has 1 aliphatic rings. The molecule has 4 rings (SSSR count). The molecule has 33 heavy (non-hydrogen) atoms. The van der Waals surface area contributed by atoms with E-state index in [2.05, 4.69) is 5.32 Å². The van der Waals surface area contributed by atoms with Gasteiger partial charge in [-0.25, -0.2) is 13.2 Å². The molecule has 1 aliphatic heterocycles. The second-order valence-electron chi connectivity index (χ2n) is 7.77. The van der Waals surface area contributed by atoms with Crippen molar-refractivity contribution in [3.8, 4) is 5.75 Å². The summed E-state index contributed by atoms with van der Waals surface area (Å²) in [7, 11) is 0. The van der Waals surface area contributed by atoms with E-state index in [0.717, 1.165) is 17.7 Å². The van der Waals surface area contributed by atoms with Gasteiger partial charge >= 0.3 is 0 Å². The number of hydrogen-bond donors (Lipinski definition) is 1. The average Bonchev–Trinajstić information content (AvgIpc) is 2.89.